The van der Waals surface area contributed by atoms with Gasteiger partial charge in [-0.3, -0.25) is 0 Å². The monoisotopic (exact) mass is 224 g/mol. The van der Waals surface area contributed by atoms with E-state index < -0.39 is 0 Å². The third kappa shape index (κ3) is 1.98. The van der Waals surface area contributed by atoms with E-state index in [1.165, 1.54) is 5.56 Å². The van der Waals surface area contributed by atoms with E-state index >= 15 is 0 Å². The SMILES string of the molecule is C=CC(C)(C)c1ccc(Br)cc1. The standard InChI is InChI=1S/C11H13Br/c1-4-11(2,3)9-5-7-10(12)8-6-9/h4-8H,1H2,2-3H3. The normalized spacial score (nSPS) is 11.2. The number of hydrogen-bond acceptors (Lipinski definition) is 0. The Hall–Kier alpha value is -0.560. The molecule has 0 aliphatic carbocycles. The van der Waals surface area contributed by atoms with E-state index in [0.717, 1.165) is 4.47 Å². The average molecular weight is 225 g/mol. The molecule has 0 aliphatic heterocycles. The molecule has 1 heteroatoms. The van der Waals surface area contributed by atoms with Gasteiger partial charge in [-0.05, 0) is 17.7 Å². The van der Waals surface area contributed by atoms with Gasteiger partial charge in [0.25, 0.3) is 0 Å². The van der Waals surface area contributed by atoms with Crippen LogP contribution in [0.15, 0.2) is 41.4 Å². The lowest BCUT2D eigenvalue weighted by Gasteiger charge is -2.20. The van der Waals surface area contributed by atoms with Crippen molar-refractivity contribution in [1.82, 2.24) is 0 Å². The summed E-state index contributed by atoms with van der Waals surface area (Å²) < 4.78 is 1.12. The van der Waals surface area contributed by atoms with Crippen molar-refractivity contribution in [3.8, 4) is 0 Å². The van der Waals surface area contributed by atoms with Crippen molar-refractivity contribution < 1.29 is 0 Å². The predicted octanol–water partition coefficient (Wildman–Crippen LogP) is 3.91. The molecule has 0 saturated heterocycles. The van der Waals surface area contributed by atoms with Crippen molar-refractivity contribution in [3.63, 3.8) is 0 Å². The van der Waals surface area contributed by atoms with Crippen LogP contribution < -0.4 is 0 Å². The Morgan fingerprint density at radius 1 is 1.25 bits per heavy atom. The summed E-state index contributed by atoms with van der Waals surface area (Å²) in [6.45, 7) is 8.13. The topological polar surface area (TPSA) is 0 Å². The summed E-state index contributed by atoms with van der Waals surface area (Å²) in [6, 6.07) is 8.35. The fraction of sp³-hybridized carbons (Fsp3) is 0.273. The third-order valence-corrected chi connectivity index (χ3v) is 2.63. The Labute approximate surface area is 82.4 Å². The highest BCUT2D eigenvalue weighted by molar-refractivity contribution is 9.10. The molecule has 0 unspecified atom stereocenters. The van der Waals surface area contributed by atoms with E-state index in [-0.39, 0.29) is 5.41 Å². The Bertz CT molecular complexity index is 270. The largest absolute Gasteiger partial charge is 0.102 e. The molecule has 0 aliphatic rings. The average Bonchev–Trinajstić information content (AvgIpc) is 2.05. The maximum absolute atomic E-state index is 3.82. The van der Waals surface area contributed by atoms with Crippen LogP contribution in [0.2, 0.25) is 0 Å². The van der Waals surface area contributed by atoms with E-state index in [1.807, 2.05) is 6.08 Å². The van der Waals surface area contributed by atoms with Gasteiger partial charge in [-0.25, -0.2) is 0 Å². The molecule has 0 aromatic heterocycles. The molecular formula is C11H13Br. The summed E-state index contributed by atoms with van der Waals surface area (Å²) >= 11 is 3.41. The van der Waals surface area contributed by atoms with Gasteiger partial charge < -0.3 is 0 Å². The van der Waals surface area contributed by atoms with Gasteiger partial charge >= 0.3 is 0 Å². The van der Waals surface area contributed by atoms with Gasteiger partial charge in [0.2, 0.25) is 0 Å². The van der Waals surface area contributed by atoms with Gasteiger partial charge in [0, 0.05) is 9.89 Å². The zero-order chi connectivity index (χ0) is 9.19. The zero-order valence-corrected chi connectivity index (χ0v) is 9.06. The van der Waals surface area contributed by atoms with E-state index in [4.69, 9.17) is 0 Å². The van der Waals surface area contributed by atoms with E-state index in [0.29, 0.717) is 0 Å². The summed E-state index contributed by atoms with van der Waals surface area (Å²) in [5, 5.41) is 0. The fourth-order valence-corrected chi connectivity index (χ4v) is 1.26. The van der Waals surface area contributed by atoms with Crippen LogP contribution in [0.1, 0.15) is 19.4 Å². The van der Waals surface area contributed by atoms with Gasteiger partial charge in [-0.1, -0.05) is 48.0 Å². The van der Waals surface area contributed by atoms with Crippen LogP contribution >= 0.6 is 15.9 Å². The summed E-state index contributed by atoms with van der Waals surface area (Å²) in [6.07, 6.45) is 1.97. The van der Waals surface area contributed by atoms with Crippen LogP contribution in [-0.4, -0.2) is 0 Å². The molecule has 0 fully saturated rings. The first-order chi connectivity index (χ1) is 5.56. The molecule has 0 N–H and O–H groups in total. The summed E-state index contributed by atoms with van der Waals surface area (Å²) in [5.41, 5.74) is 1.36. The van der Waals surface area contributed by atoms with Crippen LogP contribution in [0.25, 0.3) is 0 Å². The molecule has 0 amide bonds. The first kappa shape index (κ1) is 9.53. The Morgan fingerprint density at radius 2 is 1.75 bits per heavy atom. The van der Waals surface area contributed by atoms with E-state index in [9.17, 15) is 0 Å². The third-order valence-electron chi connectivity index (χ3n) is 2.10. The van der Waals surface area contributed by atoms with Gasteiger partial charge in [0.15, 0.2) is 0 Å². The quantitative estimate of drug-likeness (QED) is 0.669. The highest BCUT2D eigenvalue weighted by atomic mass is 79.9. The lowest BCUT2D eigenvalue weighted by atomic mass is 9.85. The molecule has 0 saturated carbocycles. The maximum Gasteiger partial charge on any atom is 0.0175 e. The molecule has 1 aromatic carbocycles. The number of rotatable bonds is 2. The van der Waals surface area contributed by atoms with Crippen LogP contribution in [-0.2, 0) is 5.41 Å². The Balaban J connectivity index is 3.04. The Morgan fingerprint density at radius 3 is 2.17 bits per heavy atom. The first-order valence-corrected chi connectivity index (χ1v) is 4.75. The molecular weight excluding hydrogens is 212 g/mol. The van der Waals surface area contributed by atoms with Crippen molar-refractivity contribution in [2.75, 3.05) is 0 Å². The smallest absolute Gasteiger partial charge is 0.0175 e. The number of benzene rings is 1. The number of halogens is 1. The van der Waals surface area contributed by atoms with Gasteiger partial charge in [-0.15, -0.1) is 6.58 Å². The van der Waals surface area contributed by atoms with Crippen LogP contribution in [0.3, 0.4) is 0 Å². The molecule has 0 nitrogen and oxygen atoms in total. The van der Waals surface area contributed by atoms with E-state index in [1.54, 1.807) is 0 Å². The van der Waals surface area contributed by atoms with Crippen LogP contribution in [0.4, 0.5) is 0 Å². The maximum atomic E-state index is 3.82. The second-order valence-electron chi connectivity index (χ2n) is 3.43. The highest BCUT2D eigenvalue weighted by Crippen LogP contribution is 2.25. The second kappa shape index (κ2) is 3.44. The summed E-state index contributed by atoms with van der Waals surface area (Å²) in [5.74, 6) is 0. The second-order valence-corrected chi connectivity index (χ2v) is 4.35. The van der Waals surface area contributed by atoms with Crippen molar-refractivity contribution in [3.05, 3.63) is 47.0 Å². The summed E-state index contributed by atoms with van der Waals surface area (Å²) in [7, 11) is 0. The minimum atomic E-state index is 0.0701. The van der Waals surface area contributed by atoms with Crippen molar-refractivity contribution >= 4 is 15.9 Å². The molecule has 0 radical (unpaired) electrons. The molecule has 1 rings (SSSR count). The van der Waals surface area contributed by atoms with E-state index in [2.05, 4.69) is 60.6 Å². The molecule has 0 spiro atoms. The lowest BCUT2D eigenvalue weighted by molar-refractivity contribution is 0.672. The van der Waals surface area contributed by atoms with Gasteiger partial charge in [-0.2, -0.15) is 0 Å². The number of hydrogen-bond donors (Lipinski definition) is 0. The number of allylic oxidation sites excluding steroid dienone is 1. The minimum Gasteiger partial charge on any atom is -0.102 e. The highest BCUT2D eigenvalue weighted by Gasteiger charge is 2.14. The molecule has 12 heavy (non-hydrogen) atoms. The molecule has 1 aromatic rings. The fourth-order valence-electron chi connectivity index (χ4n) is 0.997. The van der Waals surface area contributed by atoms with Crippen molar-refractivity contribution in [1.29, 1.82) is 0 Å². The van der Waals surface area contributed by atoms with Gasteiger partial charge in [0.05, 0.1) is 0 Å². The molecule has 0 heterocycles. The zero-order valence-electron chi connectivity index (χ0n) is 7.47. The first-order valence-electron chi connectivity index (χ1n) is 3.96. The molecule has 0 atom stereocenters. The Kier molecular flexibility index (Phi) is 2.73. The van der Waals surface area contributed by atoms with Crippen molar-refractivity contribution in [2.24, 2.45) is 0 Å². The summed E-state index contributed by atoms with van der Waals surface area (Å²) in [4.78, 5) is 0. The van der Waals surface area contributed by atoms with Crippen molar-refractivity contribution in [2.45, 2.75) is 19.3 Å². The predicted molar refractivity (Wildman–Crippen MR) is 57.4 cm³/mol. The van der Waals surface area contributed by atoms with Gasteiger partial charge in [0.1, 0.15) is 0 Å². The lowest BCUT2D eigenvalue weighted by Crippen LogP contribution is -2.12. The minimum absolute atomic E-state index is 0.0701. The van der Waals surface area contributed by atoms with Crippen LogP contribution in [0, 0.1) is 0 Å². The molecule has 0 bridgehead atoms. The van der Waals surface area contributed by atoms with Crippen LogP contribution in [0.5, 0.6) is 0 Å². The molecule has 64 valence electrons.